The number of aliphatic hydroxyl groups excluding tert-OH is 1. The first-order valence-electron chi connectivity index (χ1n) is 8.98. The zero-order valence-electron chi connectivity index (χ0n) is 16.3. The molecule has 152 valence electrons. The Bertz CT molecular complexity index is 960. The second-order valence-electron chi connectivity index (χ2n) is 6.19. The fraction of sp³-hybridized carbons (Fsp3) is 0.238. The van der Waals surface area contributed by atoms with Crippen molar-refractivity contribution in [3.8, 4) is 11.5 Å². The van der Waals surface area contributed by atoms with Gasteiger partial charge in [0.15, 0.2) is 16.7 Å². The Morgan fingerprint density at radius 2 is 1.90 bits per heavy atom. The standard InChI is InChI=1S/C21H23N3O4S/c1-27-18-9-8-16(10-19(18)28-2)22-20(26)14-29-21-23-17(13-25)12-24(21)11-15-6-4-3-5-7-15/h3-10,12,25H,11,13-14H2,1-2H3,(H,22,26). The number of methoxy groups -OCH3 is 2. The molecule has 0 bridgehead atoms. The molecule has 0 radical (unpaired) electrons. The van der Waals surface area contributed by atoms with Gasteiger partial charge in [-0.1, -0.05) is 42.1 Å². The maximum absolute atomic E-state index is 12.4. The van der Waals surface area contributed by atoms with E-state index < -0.39 is 0 Å². The Morgan fingerprint density at radius 1 is 1.14 bits per heavy atom. The van der Waals surface area contributed by atoms with Gasteiger partial charge < -0.3 is 24.5 Å². The van der Waals surface area contributed by atoms with Gasteiger partial charge in [0.1, 0.15) is 0 Å². The van der Waals surface area contributed by atoms with E-state index in [1.54, 1.807) is 32.4 Å². The second-order valence-corrected chi connectivity index (χ2v) is 7.14. The van der Waals surface area contributed by atoms with Crippen molar-refractivity contribution in [2.75, 3.05) is 25.3 Å². The van der Waals surface area contributed by atoms with Crippen molar-refractivity contribution in [1.82, 2.24) is 9.55 Å². The number of hydrogen-bond acceptors (Lipinski definition) is 6. The van der Waals surface area contributed by atoms with E-state index in [0.717, 1.165) is 5.56 Å². The minimum absolute atomic E-state index is 0.146. The number of imidazole rings is 1. The predicted molar refractivity (Wildman–Crippen MR) is 113 cm³/mol. The number of aromatic nitrogens is 2. The van der Waals surface area contributed by atoms with Gasteiger partial charge in [-0.25, -0.2) is 4.98 Å². The van der Waals surface area contributed by atoms with Crippen molar-refractivity contribution in [2.45, 2.75) is 18.3 Å². The number of benzene rings is 2. The molecule has 0 aliphatic carbocycles. The van der Waals surface area contributed by atoms with Crippen LogP contribution in [0, 0.1) is 0 Å². The van der Waals surface area contributed by atoms with Crippen LogP contribution in [-0.4, -0.2) is 40.5 Å². The van der Waals surface area contributed by atoms with Gasteiger partial charge in [-0.2, -0.15) is 0 Å². The molecule has 3 rings (SSSR count). The highest BCUT2D eigenvalue weighted by atomic mass is 32.2. The van der Waals surface area contributed by atoms with Gasteiger partial charge in [-0.15, -0.1) is 0 Å². The van der Waals surface area contributed by atoms with E-state index in [2.05, 4.69) is 10.3 Å². The molecule has 0 aliphatic rings. The van der Waals surface area contributed by atoms with Crippen molar-refractivity contribution in [1.29, 1.82) is 0 Å². The molecule has 0 saturated heterocycles. The Morgan fingerprint density at radius 3 is 2.59 bits per heavy atom. The quantitative estimate of drug-likeness (QED) is 0.524. The lowest BCUT2D eigenvalue weighted by atomic mass is 10.2. The normalized spacial score (nSPS) is 10.6. The molecular formula is C21H23N3O4S. The molecular weight excluding hydrogens is 390 g/mol. The number of carbonyl (C=O) groups excluding carboxylic acids is 1. The van der Waals surface area contributed by atoms with E-state index in [9.17, 15) is 9.90 Å². The number of thioether (sulfide) groups is 1. The van der Waals surface area contributed by atoms with E-state index in [1.807, 2.05) is 41.1 Å². The fourth-order valence-electron chi connectivity index (χ4n) is 2.78. The molecule has 29 heavy (non-hydrogen) atoms. The molecule has 1 aromatic heterocycles. The van der Waals surface area contributed by atoms with Gasteiger partial charge >= 0.3 is 0 Å². The Labute approximate surface area is 173 Å². The number of ether oxygens (including phenoxy) is 2. The van der Waals surface area contributed by atoms with Crippen LogP contribution in [0.25, 0.3) is 0 Å². The summed E-state index contributed by atoms with van der Waals surface area (Å²) in [5.74, 6) is 1.16. The van der Waals surface area contributed by atoms with Crippen LogP contribution >= 0.6 is 11.8 Å². The van der Waals surface area contributed by atoms with Crippen molar-refractivity contribution >= 4 is 23.4 Å². The Kier molecular flexibility index (Phi) is 7.15. The minimum atomic E-state index is -0.165. The molecule has 2 aromatic carbocycles. The fourth-order valence-corrected chi connectivity index (χ4v) is 3.57. The van der Waals surface area contributed by atoms with Crippen molar-refractivity contribution < 1.29 is 19.4 Å². The molecule has 2 N–H and O–H groups in total. The highest BCUT2D eigenvalue weighted by Crippen LogP contribution is 2.30. The number of nitrogens with zero attached hydrogens (tertiary/aromatic N) is 2. The third kappa shape index (κ3) is 5.52. The predicted octanol–water partition coefficient (Wildman–Crippen LogP) is 3.17. The second kappa shape index (κ2) is 9.99. The number of carbonyl (C=O) groups is 1. The van der Waals surface area contributed by atoms with Crippen molar-refractivity contribution in [3.05, 3.63) is 66.0 Å². The van der Waals surface area contributed by atoms with Gasteiger partial charge in [-0.3, -0.25) is 4.79 Å². The SMILES string of the molecule is COc1ccc(NC(=O)CSc2nc(CO)cn2Cc2ccccc2)cc1OC. The number of nitrogens with one attached hydrogen (secondary N) is 1. The van der Waals surface area contributed by atoms with E-state index in [1.165, 1.54) is 11.8 Å². The molecule has 1 amide bonds. The minimum Gasteiger partial charge on any atom is -0.493 e. The van der Waals surface area contributed by atoms with Crippen LogP contribution in [0.5, 0.6) is 11.5 Å². The lowest BCUT2D eigenvalue weighted by molar-refractivity contribution is -0.113. The van der Waals surface area contributed by atoms with Crippen LogP contribution < -0.4 is 14.8 Å². The molecule has 8 heteroatoms. The first kappa shape index (κ1) is 20.8. The topological polar surface area (TPSA) is 85.6 Å². The Balaban J connectivity index is 1.65. The summed E-state index contributed by atoms with van der Waals surface area (Å²) < 4.78 is 12.4. The summed E-state index contributed by atoms with van der Waals surface area (Å²) in [6.07, 6.45) is 1.81. The molecule has 0 fully saturated rings. The summed E-state index contributed by atoms with van der Waals surface area (Å²) in [6.45, 7) is 0.473. The summed E-state index contributed by atoms with van der Waals surface area (Å²) >= 11 is 1.32. The summed E-state index contributed by atoms with van der Waals surface area (Å²) in [7, 11) is 3.11. The van der Waals surface area contributed by atoms with E-state index in [0.29, 0.717) is 34.6 Å². The van der Waals surface area contributed by atoms with Crippen molar-refractivity contribution in [2.24, 2.45) is 0 Å². The van der Waals surface area contributed by atoms with Crippen LogP contribution in [0.1, 0.15) is 11.3 Å². The lowest BCUT2D eigenvalue weighted by Gasteiger charge is -2.11. The monoisotopic (exact) mass is 413 g/mol. The highest BCUT2D eigenvalue weighted by molar-refractivity contribution is 7.99. The molecule has 0 atom stereocenters. The number of anilines is 1. The zero-order valence-corrected chi connectivity index (χ0v) is 17.1. The zero-order chi connectivity index (χ0) is 20.6. The van der Waals surface area contributed by atoms with E-state index in [4.69, 9.17) is 9.47 Å². The smallest absolute Gasteiger partial charge is 0.234 e. The van der Waals surface area contributed by atoms with Crippen LogP contribution in [0.15, 0.2) is 59.9 Å². The number of amides is 1. The van der Waals surface area contributed by atoms with Crippen LogP contribution in [0.2, 0.25) is 0 Å². The number of rotatable bonds is 9. The van der Waals surface area contributed by atoms with E-state index in [-0.39, 0.29) is 18.3 Å². The first-order valence-corrected chi connectivity index (χ1v) is 9.97. The number of hydrogen-bond donors (Lipinski definition) is 2. The molecule has 3 aromatic rings. The maximum atomic E-state index is 12.4. The van der Waals surface area contributed by atoms with Gasteiger partial charge in [0.05, 0.1) is 32.3 Å². The van der Waals surface area contributed by atoms with Crippen LogP contribution in [0.4, 0.5) is 5.69 Å². The highest BCUT2D eigenvalue weighted by Gasteiger charge is 2.12. The van der Waals surface area contributed by atoms with Gasteiger partial charge in [0.2, 0.25) is 5.91 Å². The molecule has 0 unspecified atom stereocenters. The maximum Gasteiger partial charge on any atom is 0.234 e. The lowest BCUT2D eigenvalue weighted by Crippen LogP contribution is -2.14. The molecule has 7 nitrogen and oxygen atoms in total. The Hall–Kier alpha value is -2.97. The third-order valence-corrected chi connectivity index (χ3v) is 5.14. The molecule has 0 spiro atoms. The van der Waals surface area contributed by atoms with E-state index >= 15 is 0 Å². The third-order valence-electron chi connectivity index (χ3n) is 4.15. The molecule has 0 aliphatic heterocycles. The van der Waals surface area contributed by atoms with Crippen LogP contribution in [0.3, 0.4) is 0 Å². The summed E-state index contributed by atoms with van der Waals surface area (Å²) in [5, 5.41) is 12.9. The van der Waals surface area contributed by atoms with Gasteiger partial charge in [0, 0.05) is 24.5 Å². The summed E-state index contributed by atoms with van der Waals surface area (Å²) in [4.78, 5) is 16.8. The summed E-state index contributed by atoms with van der Waals surface area (Å²) in [6, 6.07) is 15.2. The van der Waals surface area contributed by atoms with Gasteiger partial charge in [-0.05, 0) is 17.7 Å². The summed E-state index contributed by atoms with van der Waals surface area (Å²) in [5.41, 5.74) is 2.31. The number of aliphatic hydroxyl groups is 1. The average molecular weight is 413 g/mol. The molecule has 1 heterocycles. The first-order chi connectivity index (χ1) is 14.1. The molecule has 0 saturated carbocycles. The largest absolute Gasteiger partial charge is 0.493 e. The van der Waals surface area contributed by atoms with Crippen molar-refractivity contribution in [3.63, 3.8) is 0 Å². The average Bonchev–Trinajstić information content (AvgIpc) is 3.14. The van der Waals surface area contributed by atoms with Crippen LogP contribution in [-0.2, 0) is 17.9 Å². The van der Waals surface area contributed by atoms with Gasteiger partial charge in [0.25, 0.3) is 0 Å².